The molecule has 1 aromatic carbocycles. The van der Waals surface area contributed by atoms with E-state index >= 15 is 0 Å². The van der Waals surface area contributed by atoms with Gasteiger partial charge in [0.05, 0.1) is 13.3 Å². The third-order valence-corrected chi connectivity index (χ3v) is 2.74. The summed E-state index contributed by atoms with van der Waals surface area (Å²) in [6.45, 7) is -1.21. The molecule has 0 atom stereocenters. The summed E-state index contributed by atoms with van der Waals surface area (Å²) in [6.07, 6.45) is -1.96. The minimum Gasteiger partial charge on any atom is -0.495 e. The Morgan fingerprint density at radius 1 is 1.43 bits per heavy atom. The van der Waals surface area contributed by atoms with E-state index in [4.69, 9.17) is 9.84 Å². The van der Waals surface area contributed by atoms with Crippen molar-refractivity contribution in [1.82, 2.24) is 9.78 Å². The molecule has 0 radical (unpaired) electrons. The van der Waals surface area contributed by atoms with E-state index in [1.54, 1.807) is 6.07 Å². The van der Waals surface area contributed by atoms with Crippen LogP contribution in [0, 0.1) is 0 Å². The maximum Gasteiger partial charge on any atom is 0.408 e. The zero-order valence-electron chi connectivity index (χ0n) is 10.9. The minimum absolute atomic E-state index is 0.0708. The Bertz CT molecular complexity index is 665. The summed E-state index contributed by atoms with van der Waals surface area (Å²) in [5.41, 5.74) is 0.642. The molecule has 0 fully saturated rings. The van der Waals surface area contributed by atoms with Crippen molar-refractivity contribution in [3.05, 3.63) is 36.2 Å². The topological polar surface area (TPSA) is 64.3 Å². The fourth-order valence-electron chi connectivity index (χ4n) is 1.93. The molecule has 1 aromatic heterocycles. The smallest absolute Gasteiger partial charge is 0.408 e. The van der Waals surface area contributed by atoms with E-state index in [9.17, 15) is 18.0 Å². The number of carbonyl (C=O) groups is 1. The Kier molecular flexibility index (Phi) is 3.88. The van der Waals surface area contributed by atoms with Crippen molar-refractivity contribution in [3.8, 4) is 16.9 Å². The molecule has 8 heteroatoms. The highest BCUT2D eigenvalue weighted by Crippen LogP contribution is 2.33. The number of halogens is 3. The first-order chi connectivity index (χ1) is 9.81. The number of hydrogen-bond donors (Lipinski definition) is 1. The van der Waals surface area contributed by atoms with Crippen molar-refractivity contribution < 1.29 is 27.8 Å². The van der Waals surface area contributed by atoms with E-state index in [1.807, 2.05) is 0 Å². The van der Waals surface area contributed by atoms with Crippen LogP contribution in [0.2, 0.25) is 0 Å². The average molecular weight is 300 g/mol. The van der Waals surface area contributed by atoms with Crippen LogP contribution in [0.3, 0.4) is 0 Å². The molecular formula is C13H11F3N2O3. The largest absolute Gasteiger partial charge is 0.495 e. The predicted molar refractivity (Wildman–Crippen MR) is 67.2 cm³/mol. The fourth-order valence-corrected chi connectivity index (χ4v) is 1.93. The van der Waals surface area contributed by atoms with Crippen LogP contribution in [-0.2, 0) is 6.54 Å². The quantitative estimate of drug-likeness (QED) is 0.943. The molecule has 0 unspecified atom stereocenters. The molecule has 112 valence electrons. The van der Waals surface area contributed by atoms with E-state index in [2.05, 4.69) is 5.10 Å². The number of aromatic carboxylic acids is 1. The fraction of sp³-hybridized carbons (Fsp3) is 0.231. The Morgan fingerprint density at radius 3 is 2.71 bits per heavy atom. The molecule has 2 aromatic rings. The number of methoxy groups -OCH3 is 1. The van der Waals surface area contributed by atoms with Crippen LogP contribution in [0.15, 0.2) is 30.6 Å². The summed E-state index contributed by atoms with van der Waals surface area (Å²) in [6, 6.07) is 4.40. The number of carboxylic acids is 1. The SMILES string of the molecule is COc1c(C(=O)O)cccc1-c1cnn(CC(F)(F)F)c1. The lowest BCUT2D eigenvalue weighted by atomic mass is 10.0. The summed E-state index contributed by atoms with van der Waals surface area (Å²) in [5, 5.41) is 12.7. The molecule has 0 bridgehead atoms. The van der Waals surface area contributed by atoms with Crippen LogP contribution < -0.4 is 4.74 Å². The van der Waals surface area contributed by atoms with Gasteiger partial charge in [-0.3, -0.25) is 4.68 Å². The molecule has 2 rings (SSSR count). The number of para-hydroxylation sites is 1. The van der Waals surface area contributed by atoms with E-state index in [0.29, 0.717) is 11.1 Å². The van der Waals surface area contributed by atoms with Crippen molar-refractivity contribution >= 4 is 5.97 Å². The van der Waals surface area contributed by atoms with Crippen molar-refractivity contribution in [1.29, 1.82) is 0 Å². The Morgan fingerprint density at radius 2 is 2.14 bits per heavy atom. The van der Waals surface area contributed by atoms with Crippen molar-refractivity contribution in [2.45, 2.75) is 12.7 Å². The average Bonchev–Trinajstić information content (AvgIpc) is 2.83. The van der Waals surface area contributed by atoms with Crippen LogP contribution in [-0.4, -0.2) is 34.1 Å². The zero-order chi connectivity index (χ0) is 15.6. The lowest BCUT2D eigenvalue weighted by Gasteiger charge is -2.09. The van der Waals surface area contributed by atoms with Gasteiger partial charge < -0.3 is 9.84 Å². The second kappa shape index (κ2) is 5.47. The molecule has 0 saturated heterocycles. The highest BCUT2D eigenvalue weighted by atomic mass is 19.4. The van der Waals surface area contributed by atoms with Crippen LogP contribution in [0.4, 0.5) is 13.2 Å². The molecule has 1 heterocycles. The van der Waals surface area contributed by atoms with Crippen molar-refractivity contribution in [2.75, 3.05) is 7.11 Å². The lowest BCUT2D eigenvalue weighted by molar-refractivity contribution is -0.142. The Balaban J connectivity index is 2.43. The number of hydrogen-bond acceptors (Lipinski definition) is 3. The summed E-state index contributed by atoms with van der Waals surface area (Å²) in [4.78, 5) is 11.1. The molecular weight excluding hydrogens is 289 g/mol. The number of ether oxygens (including phenoxy) is 1. The molecule has 0 aliphatic heterocycles. The van der Waals surface area contributed by atoms with E-state index in [-0.39, 0.29) is 11.3 Å². The van der Waals surface area contributed by atoms with Gasteiger partial charge in [-0.15, -0.1) is 0 Å². The van der Waals surface area contributed by atoms with Gasteiger partial charge in [-0.05, 0) is 6.07 Å². The third kappa shape index (κ3) is 3.33. The van der Waals surface area contributed by atoms with Gasteiger partial charge in [0.1, 0.15) is 17.9 Å². The molecule has 0 spiro atoms. The summed E-state index contributed by atoms with van der Waals surface area (Å²) in [7, 11) is 1.30. The Hall–Kier alpha value is -2.51. The first-order valence-electron chi connectivity index (χ1n) is 5.81. The number of nitrogens with zero attached hydrogens (tertiary/aromatic N) is 2. The van der Waals surface area contributed by atoms with Crippen molar-refractivity contribution in [2.24, 2.45) is 0 Å². The highest BCUT2D eigenvalue weighted by Gasteiger charge is 2.28. The molecule has 5 nitrogen and oxygen atoms in total. The molecule has 0 aliphatic carbocycles. The lowest BCUT2D eigenvalue weighted by Crippen LogP contribution is -2.17. The molecule has 21 heavy (non-hydrogen) atoms. The molecule has 0 saturated carbocycles. The van der Waals surface area contributed by atoms with Crippen LogP contribution in [0.1, 0.15) is 10.4 Å². The van der Waals surface area contributed by atoms with Gasteiger partial charge in [0, 0.05) is 17.3 Å². The van der Waals surface area contributed by atoms with Crippen LogP contribution in [0.5, 0.6) is 5.75 Å². The molecule has 0 amide bonds. The van der Waals surface area contributed by atoms with E-state index in [0.717, 1.165) is 4.68 Å². The summed E-state index contributed by atoms with van der Waals surface area (Å²) < 4.78 is 42.7. The number of rotatable bonds is 4. The van der Waals surface area contributed by atoms with Crippen molar-refractivity contribution in [3.63, 3.8) is 0 Å². The van der Waals surface area contributed by atoms with Gasteiger partial charge in [-0.25, -0.2) is 4.79 Å². The van der Waals surface area contributed by atoms with Crippen LogP contribution >= 0.6 is 0 Å². The summed E-state index contributed by atoms with van der Waals surface area (Å²) in [5.74, 6) is -1.10. The number of carboxylic acid groups (broad SMARTS) is 1. The number of aromatic nitrogens is 2. The van der Waals surface area contributed by atoms with Gasteiger partial charge in [-0.2, -0.15) is 18.3 Å². The molecule has 1 N–H and O–H groups in total. The third-order valence-electron chi connectivity index (χ3n) is 2.74. The zero-order valence-corrected chi connectivity index (χ0v) is 10.9. The van der Waals surface area contributed by atoms with Gasteiger partial charge >= 0.3 is 12.1 Å². The Labute approximate surface area is 117 Å². The standard InChI is InChI=1S/C13H11F3N2O3/c1-21-11-9(3-2-4-10(11)12(19)20)8-5-17-18(6-8)7-13(14,15)16/h2-6H,7H2,1H3,(H,19,20). The van der Waals surface area contributed by atoms with Gasteiger partial charge in [0.25, 0.3) is 0 Å². The summed E-state index contributed by atoms with van der Waals surface area (Å²) >= 11 is 0. The first kappa shape index (κ1) is 14.9. The second-order valence-electron chi connectivity index (χ2n) is 4.23. The van der Waals surface area contributed by atoms with Crippen LogP contribution in [0.25, 0.3) is 11.1 Å². The van der Waals surface area contributed by atoms with E-state index in [1.165, 1.54) is 31.6 Å². The minimum atomic E-state index is -4.38. The maximum atomic E-state index is 12.3. The van der Waals surface area contributed by atoms with E-state index < -0.39 is 18.7 Å². The normalized spacial score (nSPS) is 11.4. The number of alkyl halides is 3. The van der Waals surface area contributed by atoms with Gasteiger partial charge in [0.15, 0.2) is 0 Å². The number of benzene rings is 1. The van der Waals surface area contributed by atoms with Gasteiger partial charge in [-0.1, -0.05) is 12.1 Å². The molecule has 0 aliphatic rings. The van der Waals surface area contributed by atoms with Gasteiger partial charge in [0.2, 0.25) is 0 Å². The predicted octanol–water partition coefficient (Wildman–Crippen LogP) is 2.82. The highest BCUT2D eigenvalue weighted by molar-refractivity contribution is 5.94. The first-order valence-corrected chi connectivity index (χ1v) is 5.81. The second-order valence-corrected chi connectivity index (χ2v) is 4.23. The maximum absolute atomic E-state index is 12.3. The monoisotopic (exact) mass is 300 g/mol.